The molecule has 152 valence electrons. The molecule has 10 heteroatoms. The number of aryl methyl sites for hydroxylation is 1. The van der Waals surface area contributed by atoms with Crippen molar-refractivity contribution in [2.75, 3.05) is 13.2 Å². The molecule has 0 aliphatic carbocycles. The van der Waals surface area contributed by atoms with Gasteiger partial charge in [-0.05, 0) is 31.2 Å². The van der Waals surface area contributed by atoms with Crippen molar-refractivity contribution in [3.8, 4) is 5.69 Å². The molecule has 6 nitrogen and oxygen atoms in total. The molecule has 0 saturated heterocycles. The molecule has 1 N–H and O–H groups in total. The standard InChI is InChI=1S/C19H16F3N3O3S/c1-3-7-23-16(26)10-28-18(27)15-9-14-11(2)24-25(17(14)29-15)13-6-4-5-12(8-13)19(20,21)22/h3-6,8-9H,1,7,10H2,2H3,(H,23,26). The van der Waals surface area contributed by atoms with E-state index in [1.54, 1.807) is 13.0 Å². The smallest absolute Gasteiger partial charge is 0.416 e. The van der Waals surface area contributed by atoms with Crippen LogP contribution in [0, 0.1) is 6.92 Å². The molecule has 0 unspecified atom stereocenters. The number of hydrogen-bond donors (Lipinski definition) is 1. The van der Waals surface area contributed by atoms with Crippen LogP contribution >= 0.6 is 11.3 Å². The maximum absolute atomic E-state index is 13.0. The van der Waals surface area contributed by atoms with Crippen molar-refractivity contribution in [2.24, 2.45) is 0 Å². The number of halogens is 3. The predicted molar refractivity (Wildman–Crippen MR) is 102 cm³/mol. The molecule has 0 aliphatic rings. The van der Waals surface area contributed by atoms with Crippen molar-refractivity contribution >= 4 is 33.4 Å². The lowest BCUT2D eigenvalue weighted by Crippen LogP contribution is -2.28. The molecule has 0 atom stereocenters. The van der Waals surface area contributed by atoms with E-state index in [1.165, 1.54) is 22.9 Å². The first-order valence-corrected chi connectivity index (χ1v) is 9.24. The minimum absolute atomic E-state index is 0.220. The van der Waals surface area contributed by atoms with Crippen LogP contribution in [-0.4, -0.2) is 34.8 Å². The lowest BCUT2D eigenvalue weighted by molar-refractivity contribution is -0.137. The lowest BCUT2D eigenvalue weighted by atomic mass is 10.2. The average Bonchev–Trinajstić information content (AvgIpc) is 3.24. The molecular formula is C19H16F3N3O3S. The van der Waals surface area contributed by atoms with E-state index >= 15 is 0 Å². The van der Waals surface area contributed by atoms with Crippen LogP contribution in [0.3, 0.4) is 0 Å². The number of alkyl halides is 3. The van der Waals surface area contributed by atoms with E-state index in [1.807, 2.05) is 0 Å². The number of hydrogen-bond acceptors (Lipinski definition) is 5. The Morgan fingerprint density at radius 2 is 2.10 bits per heavy atom. The molecule has 0 spiro atoms. The van der Waals surface area contributed by atoms with Crippen molar-refractivity contribution < 1.29 is 27.5 Å². The fraction of sp³-hybridized carbons (Fsp3) is 0.211. The van der Waals surface area contributed by atoms with E-state index in [0.29, 0.717) is 15.9 Å². The number of rotatable bonds is 6. The first kappa shape index (κ1) is 20.6. The number of thiophene rings is 1. The summed E-state index contributed by atoms with van der Waals surface area (Å²) in [7, 11) is 0. The summed E-state index contributed by atoms with van der Waals surface area (Å²) >= 11 is 1.03. The third-order valence-corrected chi connectivity index (χ3v) is 5.03. The molecule has 2 heterocycles. The van der Waals surface area contributed by atoms with Crippen LogP contribution in [0.4, 0.5) is 13.2 Å². The summed E-state index contributed by atoms with van der Waals surface area (Å²) in [5.74, 6) is -1.17. The Bertz CT molecular complexity index is 1090. The van der Waals surface area contributed by atoms with Gasteiger partial charge in [0.1, 0.15) is 9.71 Å². The number of amides is 1. The van der Waals surface area contributed by atoms with E-state index in [2.05, 4.69) is 17.0 Å². The summed E-state index contributed by atoms with van der Waals surface area (Å²) in [6.07, 6.45) is -2.98. The third-order valence-electron chi connectivity index (χ3n) is 3.94. The highest BCUT2D eigenvalue weighted by atomic mass is 32.1. The van der Waals surface area contributed by atoms with E-state index in [9.17, 15) is 22.8 Å². The number of carbonyl (C=O) groups excluding carboxylic acids is 2. The predicted octanol–water partition coefficient (Wildman–Crippen LogP) is 3.87. The molecule has 3 rings (SSSR count). The second-order valence-electron chi connectivity index (χ2n) is 6.04. The van der Waals surface area contributed by atoms with Crippen LogP contribution in [0.15, 0.2) is 43.0 Å². The van der Waals surface area contributed by atoms with Crippen LogP contribution in [0.1, 0.15) is 20.9 Å². The zero-order chi connectivity index (χ0) is 21.2. The van der Waals surface area contributed by atoms with Crippen LogP contribution < -0.4 is 5.32 Å². The molecule has 2 aromatic heterocycles. The second-order valence-corrected chi connectivity index (χ2v) is 7.07. The van der Waals surface area contributed by atoms with Crippen molar-refractivity contribution in [2.45, 2.75) is 13.1 Å². The number of aromatic nitrogens is 2. The quantitative estimate of drug-likeness (QED) is 0.483. The van der Waals surface area contributed by atoms with Gasteiger partial charge in [-0.3, -0.25) is 4.79 Å². The Balaban J connectivity index is 1.87. The molecule has 1 amide bonds. The zero-order valence-corrected chi connectivity index (χ0v) is 16.1. The van der Waals surface area contributed by atoms with Crippen LogP contribution in [0.5, 0.6) is 0 Å². The zero-order valence-electron chi connectivity index (χ0n) is 15.2. The highest BCUT2D eigenvalue weighted by molar-refractivity contribution is 7.20. The first-order chi connectivity index (χ1) is 13.7. The number of esters is 1. The van der Waals surface area contributed by atoms with Gasteiger partial charge in [-0.25, -0.2) is 9.48 Å². The van der Waals surface area contributed by atoms with E-state index < -0.39 is 30.2 Å². The van der Waals surface area contributed by atoms with Crippen LogP contribution in [0.25, 0.3) is 15.9 Å². The van der Waals surface area contributed by atoms with Crippen LogP contribution in [0.2, 0.25) is 0 Å². The first-order valence-electron chi connectivity index (χ1n) is 8.42. The number of carbonyl (C=O) groups is 2. The highest BCUT2D eigenvalue weighted by Gasteiger charge is 2.31. The van der Waals surface area contributed by atoms with Gasteiger partial charge in [0, 0.05) is 11.9 Å². The van der Waals surface area contributed by atoms with Gasteiger partial charge in [0.25, 0.3) is 5.91 Å². The van der Waals surface area contributed by atoms with Gasteiger partial charge in [0.2, 0.25) is 0 Å². The van der Waals surface area contributed by atoms with Crippen molar-refractivity contribution in [3.63, 3.8) is 0 Å². The van der Waals surface area contributed by atoms with Gasteiger partial charge in [-0.15, -0.1) is 17.9 Å². The molecule has 0 aliphatic heterocycles. The van der Waals surface area contributed by atoms with Gasteiger partial charge in [0.05, 0.1) is 16.9 Å². The van der Waals surface area contributed by atoms with Gasteiger partial charge in [-0.1, -0.05) is 12.1 Å². The van der Waals surface area contributed by atoms with Gasteiger partial charge in [-0.2, -0.15) is 18.3 Å². The molecule has 0 bridgehead atoms. The summed E-state index contributed by atoms with van der Waals surface area (Å²) in [6, 6.07) is 6.32. The summed E-state index contributed by atoms with van der Waals surface area (Å²) < 4.78 is 45.4. The molecule has 3 aromatic rings. The number of fused-ring (bicyclic) bond motifs is 1. The number of nitrogens with one attached hydrogen (secondary N) is 1. The van der Waals surface area contributed by atoms with Crippen molar-refractivity contribution in [1.29, 1.82) is 0 Å². The largest absolute Gasteiger partial charge is 0.451 e. The summed E-state index contributed by atoms with van der Waals surface area (Å²) in [4.78, 5) is 24.5. The number of nitrogens with zero attached hydrogens (tertiary/aromatic N) is 2. The fourth-order valence-corrected chi connectivity index (χ4v) is 3.65. The maximum Gasteiger partial charge on any atom is 0.416 e. The molecule has 0 saturated carbocycles. The number of benzene rings is 1. The Kier molecular flexibility index (Phi) is 5.73. The van der Waals surface area contributed by atoms with Crippen LogP contribution in [-0.2, 0) is 15.7 Å². The molecule has 0 radical (unpaired) electrons. The minimum Gasteiger partial charge on any atom is -0.451 e. The Morgan fingerprint density at radius 3 is 2.79 bits per heavy atom. The van der Waals surface area contributed by atoms with Gasteiger partial charge in [0.15, 0.2) is 6.61 Å². The monoisotopic (exact) mass is 423 g/mol. The van der Waals surface area contributed by atoms with E-state index in [0.717, 1.165) is 23.5 Å². The minimum atomic E-state index is -4.48. The third kappa shape index (κ3) is 4.48. The Hall–Kier alpha value is -3.14. The molecular weight excluding hydrogens is 407 g/mol. The van der Waals surface area contributed by atoms with Crippen molar-refractivity contribution in [1.82, 2.24) is 15.1 Å². The van der Waals surface area contributed by atoms with E-state index in [-0.39, 0.29) is 17.1 Å². The molecule has 1 aromatic carbocycles. The van der Waals surface area contributed by atoms with Gasteiger partial charge < -0.3 is 10.1 Å². The second kappa shape index (κ2) is 8.08. The fourth-order valence-electron chi connectivity index (χ4n) is 2.58. The summed E-state index contributed by atoms with van der Waals surface area (Å²) in [5, 5.41) is 7.39. The average molecular weight is 423 g/mol. The molecule has 29 heavy (non-hydrogen) atoms. The SMILES string of the molecule is C=CCNC(=O)COC(=O)c1cc2c(C)nn(-c3cccc(C(F)(F)F)c3)c2s1. The summed E-state index contributed by atoms with van der Waals surface area (Å²) in [5.41, 5.74) is -0.0158. The number of ether oxygens (including phenoxy) is 1. The maximum atomic E-state index is 13.0. The van der Waals surface area contributed by atoms with Gasteiger partial charge >= 0.3 is 12.1 Å². The lowest BCUT2D eigenvalue weighted by Gasteiger charge is -2.09. The Labute approximate surface area is 167 Å². The topological polar surface area (TPSA) is 73.2 Å². The van der Waals surface area contributed by atoms with Crippen molar-refractivity contribution in [3.05, 3.63) is 59.1 Å². The Morgan fingerprint density at radius 1 is 1.34 bits per heavy atom. The highest BCUT2D eigenvalue weighted by Crippen LogP contribution is 2.33. The summed E-state index contributed by atoms with van der Waals surface area (Å²) in [6.45, 7) is 4.96. The van der Waals surface area contributed by atoms with E-state index in [4.69, 9.17) is 4.74 Å². The molecule has 0 fully saturated rings. The normalized spacial score (nSPS) is 11.4.